The van der Waals surface area contributed by atoms with Crippen LogP contribution in [0.25, 0.3) is 21.5 Å². The van der Waals surface area contributed by atoms with Gasteiger partial charge in [0.25, 0.3) is 11.2 Å². The van der Waals surface area contributed by atoms with Crippen molar-refractivity contribution in [2.24, 2.45) is 0 Å². The van der Waals surface area contributed by atoms with E-state index in [2.05, 4.69) is 0 Å². The van der Waals surface area contributed by atoms with Crippen LogP contribution in [0.2, 0.25) is 0 Å². The molecule has 0 saturated carbocycles. The smallest absolute Gasteiger partial charge is 0.432 e. The molecule has 0 saturated heterocycles. The fourth-order valence-corrected chi connectivity index (χ4v) is 6.72. The first-order valence-corrected chi connectivity index (χ1v) is 15.5. The number of benzene rings is 5. The van der Waals surface area contributed by atoms with E-state index in [0.717, 1.165) is 35.0 Å². The van der Waals surface area contributed by atoms with Crippen molar-refractivity contribution in [1.82, 2.24) is 0 Å². The third-order valence-electron chi connectivity index (χ3n) is 9.18. The second-order valence-corrected chi connectivity index (χ2v) is 11.9. The van der Waals surface area contributed by atoms with Crippen molar-refractivity contribution in [1.29, 1.82) is 0 Å². The summed E-state index contributed by atoms with van der Waals surface area (Å²) in [5.41, 5.74) is -7.67. The SMILES string of the molecule is CO[C@@](C(=O)O[C@@H]1CCc2ccc3cc4ccccc4cc3c2[C@@H]1OC(=O)[C@](OC)(c1ccccc1)C(F)(F)F)(c1ccccc1)C(F)(F)F. The highest BCUT2D eigenvalue weighted by Crippen LogP contribution is 2.48. The number of carbonyl (C=O) groups is 2. The Morgan fingerprint density at radius 3 is 1.58 bits per heavy atom. The molecule has 0 fully saturated rings. The number of carbonyl (C=O) groups excluding carboxylic acids is 2. The topological polar surface area (TPSA) is 71.1 Å². The molecular formula is C38H30F6O6. The Kier molecular flexibility index (Phi) is 9.12. The molecule has 0 heterocycles. The molecule has 1 aliphatic carbocycles. The minimum Gasteiger partial charge on any atom is -0.455 e. The van der Waals surface area contributed by atoms with Gasteiger partial charge in [-0.2, -0.15) is 26.3 Å². The van der Waals surface area contributed by atoms with Gasteiger partial charge in [0, 0.05) is 30.9 Å². The summed E-state index contributed by atoms with van der Waals surface area (Å²) >= 11 is 0. The van der Waals surface area contributed by atoms with Crippen LogP contribution in [-0.4, -0.2) is 44.6 Å². The van der Waals surface area contributed by atoms with Crippen LogP contribution in [0.4, 0.5) is 26.3 Å². The highest BCUT2D eigenvalue weighted by atomic mass is 19.4. The summed E-state index contributed by atoms with van der Waals surface area (Å²) in [6.45, 7) is 0. The molecule has 1 aliphatic rings. The third-order valence-corrected chi connectivity index (χ3v) is 9.18. The zero-order valence-corrected chi connectivity index (χ0v) is 26.7. The van der Waals surface area contributed by atoms with Crippen LogP contribution in [0.3, 0.4) is 0 Å². The van der Waals surface area contributed by atoms with Gasteiger partial charge in [-0.3, -0.25) is 0 Å². The number of hydrogen-bond donors (Lipinski definition) is 0. The normalized spacial score (nSPS) is 18.9. The first kappa shape index (κ1) is 34.9. The summed E-state index contributed by atoms with van der Waals surface area (Å²) in [5.74, 6) is -3.77. The summed E-state index contributed by atoms with van der Waals surface area (Å²) in [5, 5.41) is 2.64. The van der Waals surface area contributed by atoms with Crippen LogP contribution in [0.1, 0.15) is 34.8 Å². The number of alkyl halides is 6. The van der Waals surface area contributed by atoms with Crippen LogP contribution in [0, 0.1) is 0 Å². The van der Waals surface area contributed by atoms with Gasteiger partial charge in [-0.05, 0) is 52.1 Å². The Morgan fingerprint density at radius 2 is 1.08 bits per heavy atom. The molecule has 0 unspecified atom stereocenters. The molecule has 0 bridgehead atoms. The van der Waals surface area contributed by atoms with E-state index in [-0.39, 0.29) is 18.4 Å². The Labute approximate surface area is 282 Å². The van der Waals surface area contributed by atoms with Gasteiger partial charge in [0.05, 0.1) is 0 Å². The van der Waals surface area contributed by atoms with E-state index in [1.165, 1.54) is 36.4 Å². The second kappa shape index (κ2) is 13.1. The predicted molar refractivity (Wildman–Crippen MR) is 171 cm³/mol. The number of fused-ring (bicyclic) bond motifs is 4. The Hall–Kier alpha value is -4.94. The first-order valence-electron chi connectivity index (χ1n) is 15.5. The summed E-state index contributed by atoms with van der Waals surface area (Å²) in [4.78, 5) is 27.8. The van der Waals surface area contributed by atoms with Gasteiger partial charge in [-0.25, -0.2) is 9.59 Å². The molecule has 6 rings (SSSR count). The van der Waals surface area contributed by atoms with E-state index in [4.69, 9.17) is 18.9 Å². The number of rotatable bonds is 8. The summed E-state index contributed by atoms with van der Waals surface area (Å²) < 4.78 is 111. The van der Waals surface area contributed by atoms with E-state index in [9.17, 15) is 35.9 Å². The zero-order valence-electron chi connectivity index (χ0n) is 26.7. The van der Waals surface area contributed by atoms with Crippen molar-refractivity contribution in [3.8, 4) is 0 Å². The number of hydrogen-bond acceptors (Lipinski definition) is 6. The van der Waals surface area contributed by atoms with Gasteiger partial charge in [0.15, 0.2) is 6.10 Å². The molecule has 0 spiro atoms. The fourth-order valence-electron chi connectivity index (χ4n) is 6.72. The van der Waals surface area contributed by atoms with E-state index < -0.39 is 58.8 Å². The monoisotopic (exact) mass is 696 g/mol. The van der Waals surface area contributed by atoms with Gasteiger partial charge >= 0.3 is 24.3 Å². The highest BCUT2D eigenvalue weighted by molar-refractivity contribution is 6.00. The lowest BCUT2D eigenvalue weighted by Gasteiger charge is -2.39. The van der Waals surface area contributed by atoms with Crippen LogP contribution in [0.15, 0.2) is 109 Å². The van der Waals surface area contributed by atoms with Gasteiger partial charge in [-0.15, -0.1) is 0 Å². The lowest BCUT2D eigenvalue weighted by molar-refractivity contribution is -0.286. The first-order chi connectivity index (χ1) is 23.8. The molecule has 5 aromatic carbocycles. The van der Waals surface area contributed by atoms with Crippen molar-refractivity contribution in [3.63, 3.8) is 0 Å². The summed E-state index contributed by atoms with van der Waals surface area (Å²) in [7, 11) is 1.40. The Morgan fingerprint density at radius 1 is 0.600 bits per heavy atom. The average molecular weight is 697 g/mol. The lowest BCUT2D eigenvalue weighted by atomic mass is 9.82. The number of ether oxygens (including phenoxy) is 4. The van der Waals surface area contributed by atoms with Gasteiger partial charge < -0.3 is 18.9 Å². The quantitative estimate of drug-likeness (QED) is 0.0920. The van der Waals surface area contributed by atoms with Gasteiger partial charge in [0.2, 0.25) is 0 Å². The zero-order chi connectivity index (χ0) is 35.9. The minimum atomic E-state index is -5.35. The standard InChI is InChI=1S/C38H30F6O6/c1-47-35(37(39,40)41,27-13-5-3-6-14-27)33(45)49-30-20-19-23-17-18-26-21-24-11-9-10-12-25(24)22-29(26)31(23)32(30)50-34(46)36(48-2,38(42,43)44)28-15-7-4-8-16-28/h3-18,21-22,30,32H,19-20H2,1-2H3/t30-,32-,35-,36-/m1/s1. The molecule has 12 heteroatoms. The Bertz CT molecular complexity index is 2030. The van der Waals surface area contributed by atoms with Crippen molar-refractivity contribution in [2.75, 3.05) is 14.2 Å². The van der Waals surface area contributed by atoms with E-state index in [1.807, 2.05) is 18.2 Å². The lowest BCUT2D eigenvalue weighted by Crippen LogP contribution is -2.54. The third kappa shape index (κ3) is 5.66. The molecule has 6 nitrogen and oxygen atoms in total. The summed E-state index contributed by atoms with van der Waals surface area (Å²) in [6, 6.07) is 26.5. The van der Waals surface area contributed by atoms with Crippen molar-refractivity contribution < 1.29 is 54.9 Å². The maximum absolute atomic E-state index is 15.0. The van der Waals surface area contributed by atoms with Crippen molar-refractivity contribution >= 4 is 33.5 Å². The van der Waals surface area contributed by atoms with Crippen LogP contribution in [-0.2, 0) is 46.2 Å². The molecule has 0 aromatic heterocycles. The molecule has 0 radical (unpaired) electrons. The van der Waals surface area contributed by atoms with Crippen molar-refractivity contribution in [2.45, 2.75) is 48.6 Å². The van der Waals surface area contributed by atoms with Crippen LogP contribution < -0.4 is 0 Å². The van der Waals surface area contributed by atoms with E-state index in [1.54, 1.807) is 30.3 Å². The van der Waals surface area contributed by atoms with Gasteiger partial charge in [-0.1, -0.05) is 97.1 Å². The predicted octanol–water partition coefficient (Wildman–Crippen LogP) is 8.64. The molecule has 0 amide bonds. The highest BCUT2D eigenvalue weighted by Gasteiger charge is 2.66. The fraction of sp³-hybridized carbons (Fsp3) is 0.263. The van der Waals surface area contributed by atoms with Crippen LogP contribution >= 0.6 is 0 Å². The van der Waals surface area contributed by atoms with Gasteiger partial charge in [0.1, 0.15) is 6.10 Å². The molecule has 0 N–H and O–H groups in total. The minimum absolute atomic E-state index is 0.134. The number of aryl methyl sites for hydroxylation is 1. The molecule has 260 valence electrons. The van der Waals surface area contributed by atoms with Crippen molar-refractivity contribution in [3.05, 3.63) is 131 Å². The van der Waals surface area contributed by atoms with E-state index >= 15 is 0 Å². The maximum Gasteiger partial charge on any atom is 0.432 e. The molecule has 0 aliphatic heterocycles. The van der Waals surface area contributed by atoms with Crippen LogP contribution in [0.5, 0.6) is 0 Å². The average Bonchev–Trinajstić information content (AvgIpc) is 3.09. The van der Waals surface area contributed by atoms with E-state index in [0.29, 0.717) is 30.6 Å². The summed E-state index contributed by atoms with van der Waals surface area (Å²) in [6.07, 6.45) is -14.2. The number of methoxy groups -OCH3 is 2. The molecule has 50 heavy (non-hydrogen) atoms. The maximum atomic E-state index is 15.0. The molecular weight excluding hydrogens is 666 g/mol. The number of esters is 2. The molecule has 4 atom stereocenters. The number of halogens is 6. The largest absolute Gasteiger partial charge is 0.455 e. The second-order valence-electron chi connectivity index (χ2n) is 11.9. The Balaban J connectivity index is 1.53. The molecule has 5 aromatic rings.